The number of anilines is 2. The van der Waals surface area contributed by atoms with E-state index in [9.17, 15) is 4.39 Å². The smallest absolute Gasteiger partial charge is 0.222 e. The van der Waals surface area contributed by atoms with Gasteiger partial charge in [-0.3, -0.25) is 0 Å². The monoisotopic (exact) mass is 190 g/mol. The fourth-order valence-corrected chi connectivity index (χ4v) is 1.33. The molecule has 14 heavy (non-hydrogen) atoms. The van der Waals surface area contributed by atoms with Gasteiger partial charge in [0.05, 0.1) is 10.9 Å². The van der Waals surface area contributed by atoms with Gasteiger partial charge in [0.2, 0.25) is 5.95 Å². The molecule has 0 fully saturated rings. The number of aromatic nitrogens is 2. The molecule has 0 atom stereocenters. The van der Waals surface area contributed by atoms with E-state index in [1.807, 2.05) is 0 Å². The third kappa shape index (κ3) is 1.15. The Morgan fingerprint density at radius 1 is 1.21 bits per heavy atom. The van der Waals surface area contributed by atoms with E-state index in [1.165, 1.54) is 0 Å². The van der Waals surface area contributed by atoms with Gasteiger partial charge in [-0.1, -0.05) is 11.5 Å². The zero-order chi connectivity index (χ0) is 10.3. The van der Waals surface area contributed by atoms with Crippen molar-refractivity contribution in [2.24, 2.45) is 0 Å². The van der Waals surface area contributed by atoms with Gasteiger partial charge >= 0.3 is 0 Å². The molecule has 70 valence electrons. The van der Waals surface area contributed by atoms with Crippen LogP contribution in [0.15, 0.2) is 12.1 Å². The minimum Gasteiger partial charge on any atom is -0.383 e. The molecular formula is C8H8BFN4. The minimum atomic E-state index is -0.389. The third-order valence-electron chi connectivity index (χ3n) is 2.04. The number of nitrogens with zero attached hydrogens (tertiary/aromatic N) is 2. The van der Waals surface area contributed by atoms with E-state index >= 15 is 0 Å². The maximum Gasteiger partial charge on any atom is 0.222 e. The number of hydrogen-bond donors (Lipinski definition) is 2. The van der Waals surface area contributed by atoms with Crippen molar-refractivity contribution < 1.29 is 4.39 Å². The van der Waals surface area contributed by atoms with Crippen LogP contribution in [0.5, 0.6) is 0 Å². The van der Waals surface area contributed by atoms with Gasteiger partial charge in [-0.15, -0.1) is 0 Å². The van der Waals surface area contributed by atoms with Crippen molar-refractivity contribution in [2.45, 2.75) is 0 Å². The maximum atomic E-state index is 13.6. The molecule has 0 spiro atoms. The molecule has 2 rings (SSSR count). The van der Waals surface area contributed by atoms with E-state index in [4.69, 9.17) is 11.5 Å². The number of rotatable bonds is 0. The van der Waals surface area contributed by atoms with Crippen LogP contribution in [0.25, 0.3) is 10.9 Å². The Balaban J connectivity index is 2.95. The number of nitrogen functional groups attached to an aromatic ring is 2. The van der Waals surface area contributed by atoms with E-state index < -0.39 is 0 Å². The van der Waals surface area contributed by atoms with E-state index in [1.54, 1.807) is 20.0 Å². The molecule has 0 bridgehead atoms. The lowest BCUT2D eigenvalue weighted by atomic mass is 9.94. The van der Waals surface area contributed by atoms with Gasteiger partial charge in [0.15, 0.2) is 0 Å². The second-order valence-corrected chi connectivity index (χ2v) is 3.06. The summed E-state index contributed by atoms with van der Waals surface area (Å²) >= 11 is 0. The number of hydrogen-bond acceptors (Lipinski definition) is 4. The van der Waals surface area contributed by atoms with Gasteiger partial charge in [0.25, 0.3) is 0 Å². The van der Waals surface area contributed by atoms with E-state index in [0.717, 1.165) is 0 Å². The van der Waals surface area contributed by atoms with Crippen LogP contribution in [0.2, 0.25) is 0 Å². The van der Waals surface area contributed by atoms with Crippen LogP contribution in [-0.2, 0) is 0 Å². The summed E-state index contributed by atoms with van der Waals surface area (Å²) in [6.45, 7) is 0. The molecule has 0 unspecified atom stereocenters. The van der Waals surface area contributed by atoms with Crippen molar-refractivity contribution in [3.05, 3.63) is 17.9 Å². The normalized spacial score (nSPS) is 10.6. The van der Waals surface area contributed by atoms with E-state index in [0.29, 0.717) is 11.0 Å². The molecule has 4 nitrogen and oxygen atoms in total. The minimum absolute atomic E-state index is 0.0539. The van der Waals surface area contributed by atoms with Gasteiger partial charge in [0.1, 0.15) is 19.5 Å². The van der Waals surface area contributed by atoms with Gasteiger partial charge < -0.3 is 11.5 Å². The Hall–Kier alpha value is -1.85. The quantitative estimate of drug-likeness (QED) is 0.532. The highest BCUT2D eigenvalue weighted by Gasteiger charge is 2.09. The van der Waals surface area contributed by atoms with Crippen LogP contribution in [0.1, 0.15) is 0 Å². The molecule has 1 aromatic heterocycles. The predicted molar refractivity (Wildman–Crippen MR) is 56.5 cm³/mol. The van der Waals surface area contributed by atoms with Crippen LogP contribution in [-0.4, -0.2) is 17.8 Å². The largest absolute Gasteiger partial charge is 0.383 e. The average Bonchev–Trinajstić information content (AvgIpc) is 2.10. The maximum absolute atomic E-state index is 13.6. The summed E-state index contributed by atoms with van der Waals surface area (Å²) < 4.78 is 13.6. The van der Waals surface area contributed by atoms with Crippen molar-refractivity contribution in [3.8, 4) is 0 Å². The topological polar surface area (TPSA) is 77.8 Å². The highest BCUT2D eigenvalue weighted by atomic mass is 19.1. The molecule has 1 heterocycles. The Morgan fingerprint density at radius 2 is 1.93 bits per heavy atom. The molecule has 2 aromatic rings. The van der Waals surface area contributed by atoms with E-state index in [-0.39, 0.29) is 23.0 Å². The fraction of sp³-hybridized carbons (Fsp3) is 0. The zero-order valence-electron chi connectivity index (χ0n) is 7.58. The Kier molecular flexibility index (Phi) is 1.77. The molecule has 4 N–H and O–H groups in total. The number of fused-ring (bicyclic) bond motifs is 1. The first-order valence-electron chi connectivity index (χ1n) is 4.07. The first-order chi connectivity index (χ1) is 6.59. The number of nitrogens with two attached hydrogens (primary N) is 2. The standard InChI is InChI=1S/C8H8BFN4/c9-3-1-2-4-5(6(3)10)7(11)14-8(12)13-4/h1-2H,9H2,(H4,11,12,13,14). The second kappa shape index (κ2) is 2.83. The number of halogens is 1. The summed E-state index contributed by atoms with van der Waals surface area (Å²) in [4.78, 5) is 7.59. The SMILES string of the molecule is Bc1ccc2nc(N)nc(N)c2c1F. The molecule has 0 radical (unpaired) electrons. The van der Waals surface area contributed by atoms with Gasteiger partial charge in [-0.25, -0.2) is 9.37 Å². The summed E-state index contributed by atoms with van der Waals surface area (Å²) in [7, 11) is 1.66. The van der Waals surface area contributed by atoms with Crippen molar-refractivity contribution in [1.82, 2.24) is 9.97 Å². The summed E-state index contributed by atoms with van der Waals surface area (Å²) in [5.74, 6) is -0.257. The molecule has 0 aliphatic rings. The molecule has 6 heteroatoms. The number of benzene rings is 1. The summed E-state index contributed by atoms with van der Waals surface area (Å²) in [5, 5.41) is 0.235. The van der Waals surface area contributed by atoms with Gasteiger partial charge in [-0.2, -0.15) is 4.98 Å². The summed E-state index contributed by atoms with van der Waals surface area (Å²) in [6, 6.07) is 3.30. The van der Waals surface area contributed by atoms with Crippen LogP contribution in [0, 0.1) is 5.82 Å². The highest BCUT2D eigenvalue weighted by Crippen LogP contribution is 2.19. The second-order valence-electron chi connectivity index (χ2n) is 3.06. The van der Waals surface area contributed by atoms with E-state index in [2.05, 4.69) is 9.97 Å². The van der Waals surface area contributed by atoms with Crippen molar-refractivity contribution >= 4 is 36.0 Å². The van der Waals surface area contributed by atoms with Crippen molar-refractivity contribution in [3.63, 3.8) is 0 Å². The molecule has 0 saturated heterocycles. The lowest BCUT2D eigenvalue weighted by molar-refractivity contribution is 0.647. The van der Waals surface area contributed by atoms with Crippen LogP contribution in [0.3, 0.4) is 0 Å². The fourth-order valence-electron chi connectivity index (χ4n) is 1.33. The lowest BCUT2D eigenvalue weighted by Gasteiger charge is -2.05. The lowest BCUT2D eigenvalue weighted by Crippen LogP contribution is -2.11. The van der Waals surface area contributed by atoms with Gasteiger partial charge in [-0.05, 0) is 6.07 Å². The van der Waals surface area contributed by atoms with Crippen molar-refractivity contribution in [2.75, 3.05) is 11.5 Å². The molecule has 0 amide bonds. The molecule has 1 aromatic carbocycles. The van der Waals surface area contributed by atoms with Crippen molar-refractivity contribution in [1.29, 1.82) is 0 Å². The van der Waals surface area contributed by atoms with Gasteiger partial charge in [0, 0.05) is 0 Å². The van der Waals surface area contributed by atoms with Crippen LogP contribution >= 0.6 is 0 Å². The first-order valence-corrected chi connectivity index (χ1v) is 4.07. The third-order valence-corrected chi connectivity index (χ3v) is 2.04. The molecule has 0 aliphatic heterocycles. The van der Waals surface area contributed by atoms with Crippen LogP contribution < -0.4 is 16.9 Å². The highest BCUT2D eigenvalue weighted by molar-refractivity contribution is 6.33. The molecular weight excluding hydrogens is 182 g/mol. The first kappa shape index (κ1) is 8.74. The predicted octanol–water partition coefficient (Wildman–Crippen LogP) is -0.808. The average molecular weight is 190 g/mol. The van der Waals surface area contributed by atoms with Crippen LogP contribution in [0.4, 0.5) is 16.2 Å². The summed E-state index contributed by atoms with van der Waals surface area (Å²) in [6.07, 6.45) is 0. The Labute approximate surface area is 80.5 Å². The Bertz CT molecular complexity index is 514. The molecule has 0 aliphatic carbocycles. The molecule has 0 saturated carbocycles. The Morgan fingerprint density at radius 3 is 2.64 bits per heavy atom. The zero-order valence-corrected chi connectivity index (χ0v) is 7.58. The summed E-state index contributed by atoms with van der Waals surface area (Å²) in [5.41, 5.74) is 11.9.